The molecular weight excluding hydrogens is 219 g/mol. The van der Waals surface area contributed by atoms with Gasteiger partial charge < -0.3 is 6.16 Å². The van der Waals surface area contributed by atoms with Crippen LogP contribution in [0, 0.1) is 10.8 Å². The second-order valence-corrected chi connectivity index (χ2v) is 5.51. The van der Waals surface area contributed by atoms with E-state index in [0.29, 0.717) is 0 Å². The third-order valence-corrected chi connectivity index (χ3v) is 1.66. The van der Waals surface area contributed by atoms with Gasteiger partial charge in [-0.1, -0.05) is 20.8 Å². The van der Waals surface area contributed by atoms with E-state index in [2.05, 4.69) is 4.74 Å². The first-order valence-corrected chi connectivity index (χ1v) is 4.77. The maximum atomic E-state index is 11.4. The SMILES string of the molecule is CC(C)(C)C(=O)OC(=O)C(=O)C(C)(C)C.[H-].[Na+]. The zero-order chi connectivity index (χ0) is 12.4. The molecule has 0 radical (unpaired) electrons. The fourth-order valence-electron chi connectivity index (χ4n) is 0.590. The summed E-state index contributed by atoms with van der Waals surface area (Å²) in [6.07, 6.45) is 0. The van der Waals surface area contributed by atoms with Crippen LogP contribution in [0.2, 0.25) is 0 Å². The maximum absolute atomic E-state index is 11.4. The van der Waals surface area contributed by atoms with Crippen LogP contribution in [0.1, 0.15) is 43.0 Å². The van der Waals surface area contributed by atoms with Gasteiger partial charge in [-0.25, -0.2) is 4.79 Å². The van der Waals surface area contributed by atoms with Crippen molar-refractivity contribution < 1.29 is 50.1 Å². The van der Waals surface area contributed by atoms with Crippen molar-refractivity contribution in [2.45, 2.75) is 41.5 Å². The van der Waals surface area contributed by atoms with Gasteiger partial charge in [-0.2, -0.15) is 0 Å². The molecule has 88 valence electrons. The molecule has 0 saturated heterocycles. The molecule has 0 aromatic rings. The van der Waals surface area contributed by atoms with Crippen molar-refractivity contribution >= 4 is 17.7 Å². The molecule has 0 heterocycles. The van der Waals surface area contributed by atoms with Crippen molar-refractivity contribution in [3.63, 3.8) is 0 Å². The first-order valence-electron chi connectivity index (χ1n) is 4.77. The molecule has 16 heavy (non-hydrogen) atoms. The van der Waals surface area contributed by atoms with Crippen LogP contribution in [0.15, 0.2) is 0 Å². The first-order chi connectivity index (χ1) is 6.46. The van der Waals surface area contributed by atoms with E-state index in [1.165, 1.54) is 0 Å². The van der Waals surface area contributed by atoms with Crippen LogP contribution in [0.5, 0.6) is 0 Å². The zero-order valence-electron chi connectivity index (χ0n) is 12.1. The molecule has 0 saturated carbocycles. The van der Waals surface area contributed by atoms with Crippen LogP contribution in [0.3, 0.4) is 0 Å². The minimum absolute atomic E-state index is 0. The molecule has 0 aromatic heterocycles. The van der Waals surface area contributed by atoms with E-state index in [1.807, 2.05) is 0 Å². The standard InChI is InChI=1S/C11H18O4.Na.H/c1-10(2,3)7(12)8(13)15-9(14)11(4,5)6;;/h1-6H3;;/q;+1;-1. The van der Waals surface area contributed by atoms with Gasteiger partial charge in [0.05, 0.1) is 5.41 Å². The fraction of sp³-hybridized carbons (Fsp3) is 0.727. The summed E-state index contributed by atoms with van der Waals surface area (Å²) in [5, 5.41) is 0. The number of ketones is 1. The fourth-order valence-corrected chi connectivity index (χ4v) is 0.590. The van der Waals surface area contributed by atoms with Gasteiger partial charge in [0.2, 0.25) is 5.78 Å². The van der Waals surface area contributed by atoms with Crippen molar-refractivity contribution in [2.24, 2.45) is 10.8 Å². The summed E-state index contributed by atoms with van der Waals surface area (Å²) in [4.78, 5) is 34.0. The number of hydrogen-bond acceptors (Lipinski definition) is 4. The molecule has 0 rings (SSSR count). The maximum Gasteiger partial charge on any atom is 1.00 e. The predicted octanol–water partition coefficient (Wildman–Crippen LogP) is -1.17. The number of carbonyl (C=O) groups is 3. The number of hydrogen-bond donors (Lipinski definition) is 0. The van der Waals surface area contributed by atoms with Crippen molar-refractivity contribution in [2.75, 3.05) is 0 Å². The molecule has 0 aliphatic heterocycles. The number of ether oxygens (including phenoxy) is 1. The average Bonchev–Trinajstić information content (AvgIpc) is 1.99. The van der Waals surface area contributed by atoms with Gasteiger partial charge in [0.15, 0.2) is 0 Å². The van der Waals surface area contributed by atoms with Crippen LogP contribution in [0.25, 0.3) is 0 Å². The van der Waals surface area contributed by atoms with E-state index in [0.717, 1.165) is 0 Å². The van der Waals surface area contributed by atoms with Gasteiger partial charge in [-0.3, -0.25) is 9.59 Å². The molecule has 0 aromatic carbocycles. The number of carbonyl (C=O) groups excluding carboxylic acids is 3. The van der Waals surface area contributed by atoms with E-state index in [1.54, 1.807) is 41.5 Å². The topological polar surface area (TPSA) is 60.4 Å². The van der Waals surface area contributed by atoms with Crippen molar-refractivity contribution in [1.82, 2.24) is 0 Å². The summed E-state index contributed by atoms with van der Waals surface area (Å²) in [7, 11) is 0. The van der Waals surface area contributed by atoms with E-state index < -0.39 is 28.6 Å². The molecule has 0 unspecified atom stereocenters. The average molecular weight is 238 g/mol. The molecule has 0 amide bonds. The van der Waals surface area contributed by atoms with E-state index in [-0.39, 0.29) is 31.0 Å². The summed E-state index contributed by atoms with van der Waals surface area (Å²) < 4.78 is 4.48. The van der Waals surface area contributed by atoms with Crippen LogP contribution < -0.4 is 29.6 Å². The Balaban J connectivity index is -0.000000980. The third kappa shape index (κ3) is 5.77. The summed E-state index contributed by atoms with van der Waals surface area (Å²) in [5.74, 6) is -2.47. The Hall–Kier alpha value is -0.190. The molecule has 5 heteroatoms. The molecule has 0 N–H and O–H groups in total. The molecule has 0 fully saturated rings. The van der Waals surface area contributed by atoms with Gasteiger partial charge in [-0.15, -0.1) is 0 Å². The summed E-state index contributed by atoms with van der Waals surface area (Å²) >= 11 is 0. The Kier molecular flexibility index (Phi) is 6.75. The van der Waals surface area contributed by atoms with E-state index in [9.17, 15) is 14.4 Å². The first kappa shape index (κ1) is 18.2. The summed E-state index contributed by atoms with van der Waals surface area (Å²) in [6, 6.07) is 0. The van der Waals surface area contributed by atoms with Crippen molar-refractivity contribution in [1.29, 1.82) is 0 Å². The van der Waals surface area contributed by atoms with Crippen molar-refractivity contribution in [3.8, 4) is 0 Å². The number of esters is 2. The summed E-state index contributed by atoms with van der Waals surface area (Å²) in [6.45, 7) is 9.63. The molecule has 0 spiro atoms. The molecule has 0 atom stereocenters. The second kappa shape index (κ2) is 5.94. The second-order valence-electron chi connectivity index (χ2n) is 5.51. The Morgan fingerprint density at radius 3 is 1.50 bits per heavy atom. The normalized spacial score (nSPS) is 11.4. The van der Waals surface area contributed by atoms with Crippen LogP contribution in [0.4, 0.5) is 0 Å². The van der Waals surface area contributed by atoms with Gasteiger partial charge in [0.25, 0.3) is 0 Å². The van der Waals surface area contributed by atoms with Gasteiger partial charge in [-0.05, 0) is 20.8 Å². The Labute approximate surface area is 120 Å². The minimum Gasteiger partial charge on any atom is -1.00 e. The molecule has 4 nitrogen and oxygen atoms in total. The monoisotopic (exact) mass is 238 g/mol. The van der Waals surface area contributed by atoms with Gasteiger partial charge in [0, 0.05) is 5.41 Å². The van der Waals surface area contributed by atoms with Crippen molar-refractivity contribution in [3.05, 3.63) is 0 Å². The molecular formula is C11H19NaO4. The molecule has 0 bridgehead atoms. The third-order valence-electron chi connectivity index (χ3n) is 1.66. The molecule has 0 aliphatic carbocycles. The smallest absolute Gasteiger partial charge is 1.00 e. The van der Waals surface area contributed by atoms with Crippen LogP contribution in [-0.4, -0.2) is 17.7 Å². The van der Waals surface area contributed by atoms with E-state index in [4.69, 9.17) is 0 Å². The largest absolute Gasteiger partial charge is 1.00 e. The Bertz CT molecular complexity index is 300. The van der Waals surface area contributed by atoms with Gasteiger partial charge in [0.1, 0.15) is 0 Å². The predicted molar refractivity (Wildman–Crippen MR) is 56.1 cm³/mol. The number of Topliss-reactive ketones (excluding diaryl/α,β-unsaturated/α-hetero) is 1. The van der Waals surface area contributed by atoms with Gasteiger partial charge >= 0.3 is 41.5 Å². The van der Waals surface area contributed by atoms with Crippen LogP contribution >= 0.6 is 0 Å². The quantitative estimate of drug-likeness (QED) is 0.250. The Morgan fingerprint density at radius 1 is 0.875 bits per heavy atom. The number of rotatable bonds is 1. The summed E-state index contributed by atoms with van der Waals surface area (Å²) in [5.41, 5.74) is -1.61. The minimum atomic E-state index is -1.08. The van der Waals surface area contributed by atoms with Crippen LogP contribution in [-0.2, 0) is 19.1 Å². The molecule has 0 aliphatic rings. The van der Waals surface area contributed by atoms with E-state index >= 15 is 0 Å². The Morgan fingerprint density at radius 2 is 1.25 bits per heavy atom. The zero-order valence-corrected chi connectivity index (χ0v) is 13.1.